The standard InChI is InChI=1S/C20H23FN2O3/c1-2-19(24)23(17-9-10-17)14-20(25)22(13-18-4-3-11-26-18)12-15-5-7-16(21)8-6-15/h3-8,11,17H,2,9-10,12-14H2,1H3. The fourth-order valence-electron chi connectivity index (χ4n) is 2.89. The Bertz CT molecular complexity index is 739. The minimum atomic E-state index is -0.314. The second-order valence-electron chi connectivity index (χ2n) is 6.56. The van der Waals surface area contributed by atoms with E-state index in [1.54, 1.807) is 47.3 Å². The van der Waals surface area contributed by atoms with Gasteiger partial charge in [0.1, 0.15) is 18.1 Å². The lowest BCUT2D eigenvalue weighted by Gasteiger charge is -2.27. The summed E-state index contributed by atoms with van der Waals surface area (Å²) in [5.74, 6) is 0.214. The third-order valence-corrected chi connectivity index (χ3v) is 4.48. The number of halogens is 1. The van der Waals surface area contributed by atoms with Crippen molar-refractivity contribution in [1.82, 2.24) is 9.80 Å². The van der Waals surface area contributed by atoms with Gasteiger partial charge in [0.05, 0.1) is 12.8 Å². The molecule has 1 aromatic heterocycles. The van der Waals surface area contributed by atoms with Crippen LogP contribution in [0.3, 0.4) is 0 Å². The maximum Gasteiger partial charge on any atom is 0.242 e. The molecule has 1 heterocycles. The van der Waals surface area contributed by atoms with Crippen molar-refractivity contribution in [3.8, 4) is 0 Å². The lowest BCUT2D eigenvalue weighted by molar-refractivity contribution is -0.141. The summed E-state index contributed by atoms with van der Waals surface area (Å²) in [6, 6.07) is 9.83. The summed E-state index contributed by atoms with van der Waals surface area (Å²) in [5, 5.41) is 0. The molecular weight excluding hydrogens is 335 g/mol. The Labute approximate surface area is 152 Å². The monoisotopic (exact) mass is 358 g/mol. The van der Waals surface area contributed by atoms with E-state index < -0.39 is 0 Å². The molecule has 0 aliphatic heterocycles. The van der Waals surface area contributed by atoms with E-state index in [4.69, 9.17) is 4.42 Å². The topological polar surface area (TPSA) is 53.8 Å². The number of hydrogen-bond acceptors (Lipinski definition) is 3. The largest absolute Gasteiger partial charge is 0.467 e. The maximum absolute atomic E-state index is 13.1. The molecule has 5 nitrogen and oxygen atoms in total. The second kappa shape index (κ2) is 8.17. The van der Waals surface area contributed by atoms with Crippen LogP contribution in [0.4, 0.5) is 4.39 Å². The van der Waals surface area contributed by atoms with E-state index in [9.17, 15) is 14.0 Å². The van der Waals surface area contributed by atoms with Crippen LogP contribution in [0.25, 0.3) is 0 Å². The highest BCUT2D eigenvalue weighted by Crippen LogP contribution is 2.27. The molecule has 1 aromatic carbocycles. The lowest BCUT2D eigenvalue weighted by atomic mass is 10.2. The number of hydrogen-bond donors (Lipinski definition) is 0. The summed E-state index contributed by atoms with van der Waals surface area (Å²) in [4.78, 5) is 28.4. The first-order valence-electron chi connectivity index (χ1n) is 8.91. The average Bonchev–Trinajstić information content (AvgIpc) is 3.36. The van der Waals surface area contributed by atoms with Crippen molar-refractivity contribution in [2.24, 2.45) is 0 Å². The number of furan rings is 1. The maximum atomic E-state index is 13.1. The van der Waals surface area contributed by atoms with Gasteiger partial charge in [0.15, 0.2) is 0 Å². The lowest BCUT2D eigenvalue weighted by Crippen LogP contribution is -2.43. The zero-order valence-corrected chi connectivity index (χ0v) is 14.9. The molecule has 3 rings (SSSR count). The van der Waals surface area contributed by atoms with Gasteiger partial charge < -0.3 is 14.2 Å². The van der Waals surface area contributed by atoms with E-state index in [1.807, 2.05) is 0 Å². The van der Waals surface area contributed by atoms with E-state index in [2.05, 4.69) is 0 Å². The third kappa shape index (κ3) is 4.71. The molecule has 1 aliphatic carbocycles. The number of amides is 2. The molecule has 26 heavy (non-hydrogen) atoms. The van der Waals surface area contributed by atoms with Crippen LogP contribution in [-0.2, 0) is 22.7 Å². The van der Waals surface area contributed by atoms with Crippen LogP contribution >= 0.6 is 0 Å². The van der Waals surface area contributed by atoms with Crippen LogP contribution in [-0.4, -0.2) is 34.2 Å². The van der Waals surface area contributed by atoms with Crippen LogP contribution in [0.15, 0.2) is 47.1 Å². The average molecular weight is 358 g/mol. The number of nitrogens with zero attached hydrogens (tertiary/aromatic N) is 2. The molecule has 2 amide bonds. The first-order valence-corrected chi connectivity index (χ1v) is 8.91. The minimum absolute atomic E-state index is 0.000538. The smallest absolute Gasteiger partial charge is 0.242 e. The van der Waals surface area contributed by atoms with Crippen LogP contribution in [0.5, 0.6) is 0 Å². The molecule has 138 valence electrons. The summed E-state index contributed by atoms with van der Waals surface area (Å²) >= 11 is 0. The molecule has 0 atom stereocenters. The van der Waals surface area contributed by atoms with Crippen molar-refractivity contribution in [1.29, 1.82) is 0 Å². The summed E-state index contributed by atoms with van der Waals surface area (Å²) in [6.45, 7) is 2.52. The molecule has 1 fully saturated rings. The third-order valence-electron chi connectivity index (χ3n) is 4.48. The highest BCUT2D eigenvalue weighted by molar-refractivity contribution is 5.85. The number of rotatable bonds is 8. The molecule has 2 aromatic rings. The van der Waals surface area contributed by atoms with E-state index in [0.29, 0.717) is 25.3 Å². The van der Waals surface area contributed by atoms with Gasteiger partial charge in [-0.05, 0) is 42.7 Å². The second-order valence-corrected chi connectivity index (χ2v) is 6.56. The van der Waals surface area contributed by atoms with Gasteiger partial charge in [-0.2, -0.15) is 0 Å². The van der Waals surface area contributed by atoms with Gasteiger partial charge in [-0.15, -0.1) is 0 Å². The quantitative estimate of drug-likeness (QED) is 0.727. The predicted molar refractivity (Wildman–Crippen MR) is 94.4 cm³/mol. The first kappa shape index (κ1) is 18.2. The first-order chi connectivity index (χ1) is 12.6. The Morgan fingerprint density at radius 3 is 2.42 bits per heavy atom. The van der Waals surface area contributed by atoms with Crippen LogP contribution in [0, 0.1) is 5.82 Å². The fraction of sp³-hybridized carbons (Fsp3) is 0.400. The molecule has 0 N–H and O–H groups in total. The minimum Gasteiger partial charge on any atom is -0.467 e. The van der Waals surface area contributed by atoms with Crippen LogP contribution in [0.2, 0.25) is 0 Å². The summed E-state index contributed by atoms with van der Waals surface area (Å²) in [7, 11) is 0. The number of carbonyl (C=O) groups excluding carboxylic acids is 2. The zero-order chi connectivity index (χ0) is 18.5. The Kier molecular flexibility index (Phi) is 5.71. The van der Waals surface area contributed by atoms with Gasteiger partial charge in [-0.3, -0.25) is 9.59 Å². The summed E-state index contributed by atoms with van der Waals surface area (Å²) in [5.41, 5.74) is 0.825. The van der Waals surface area contributed by atoms with Crippen LogP contribution < -0.4 is 0 Å². The van der Waals surface area contributed by atoms with Crippen molar-refractivity contribution < 1.29 is 18.4 Å². The van der Waals surface area contributed by atoms with Gasteiger partial charge >= 0.3 is 0 Å². The Hall–Kier alpha value is -2.63. The fourth-order valence-corrected chi connectivity index (χ4v) is 2.89. The van der Waals surface area contributed by atoms with Crippen molar-refractivity contribution in [2.45, 2.75) is 45.3 Å². The molecule has 1 saturated carbocycles. The predicted octanol–water partition coefficient (Wildman–Crippen LogP) is 3.35. The molecule has 0 radical (unpaired) electrons. The molecule has 0 spiro atoms. The molecule has 1 aliphatic rings. The van der Waals surface area contributed by atoms with E-state index in [1.165, 1.54) is 12.1 Å². The molecule has 6 heteroatoms. The van der Waals surface area contributed by atoms with Crippen molar-refractivity contribution in [3.05, 3.63) is 59.8 Å². The van der Waals surface area contributed by atoms with Gasteiger partial charge in [0, 0.05) is 19.0 Å². The Morgan fingerprint density at radius 2 is 1.85 bits per heavy atom. The van der Waals surface area contributed by atoms with Crippen molar-refractivity contribution in [3.63, 3.8) is 0 Å². The van der Waals surface area contributed by atoms with Gasteiger partial charge in [-0.1, -0.05) is 19.1 Å². The Morgan fingerprint density at radius 1 is 1.12 bits per heavy atom. The number of carbonyl (C=O) groups is 2. The van der Waals surface area contributed by atoms with E-state index in [0.717, 1.165) is 18.4 Å². The number of benzene rings is 1. The van der Waals surface area contributed by atoms with E-state index >= 15 is 0 Å². The van der Waals surface area contributed by atoms with Gasteiger partial charge in [-0.25, -0.2) is 4.39 Å². The SMILES string of the molecule is CCC(=O)N(CC(=O)N(Cc1ccc(F)cc1)Cc1ccco1)C1CC1. The highest BCUT2D eigenvalue weighted by Gasteiger charge is 2.34. The highest BCUT2D eigenvalue weighted by atomic mass is 19.1. The normalized spacial score (nSPS) is 13.5. The molecule has 0 saturated heterocycles. The van der Waals surface area contributed by atoms with Crippen molar-refractivity contribution >= 4 is 11.8 Å². The van der Waals surface area contributed by atoms with Crippen LogP contribution in [0.1, 0.15) is 37.5 Å². The molecule has 0 bridgehead atoms. The zero-order valence-electron chi connectivity index (χ0n) is 14.9. The Balaban J connectivity index is 1.73. The summed E-state index contributed by atoms with van der Waals surface area (Å²) < 4.78 is 18.5. The molecule has 0 unspecified atom stereocenters. The van der Waals surface area contributed by atoms with Crippen molar-refractivity contribution in [2.75, 3.05) is 6.54 Å². The van der Waals surface area contributed by atoms with E-state index in [-0.39, 0.29) is 30.2 Å². The molecular formula is C20H23FN2O3. The van der Waals surface area contributed by atoms with Gasteiger partial charge in [0.2, 0.25) is 11.8 Å². The van der Waals surface area contributed by atoms with Gasteiger partial charge in [0.25, 0.3) is 0 Å². The summed E-state index contributed by atoms with van der Waals surface area (Å²) in [6.07, 6.45) is 3.86.